The van der Waals surface area contributed by atoms with Gasteiger partial charge < -0.3 is 26.0 Å². The van der Waals surface area contributed by atoms with Crippen LogP contribution in [0.4, 0.5) is 4.79 Å². The quantitative estimate of drug-likeness (QED) is 0.0353. The Kier molecular flexibility index (Phi) is 13.9. The predicted molar refractivity (Wildman–Crippen MR) is 122 cm³/mol. The van der Waals surface area contributed by atoms with Crippen LogP contribution in [0, 0.1) is 0 Å². The van der Waals surface area contributed by atoms with E-state index in [-0.39, 0.29) is 66.4 Å². The number of rotatable bonds is 15. The number of imide groups is 1. The molecule has 4 unspecified atom stereocenters. The van der Waals surface area contributed by atoms with Crippen LogP contribution in [0.1, 0.15) is 57.8 Å². The minimum atomic E-state index is -1.01. The Labute approximate surface area is 239 Å². The number of carbonyl (C=O) groups excluding carboxylic acids is 5. The Bertz CT molecular complexity index is 809. The fraction of sp³-hybridized carbons (Fsp3) is 0.750. The van der Waals surface area contributed by atoms with Gasteiger partial charge in [0.05, 0.1) is 18.5 Å². The number of hydroxylamine groups is 2. The molecule has 3 aliphatic heterocycles. The number of hydrogen-bond acceptors (Lipinski definition) is 11. The molecule has 36 heavy (non-hydrogen) atoms. The van der Waals surface area contributed by atoms with E-state index in [0.29, 0.717) is 54.6 Å². The molecule has 0 radical (unpaired) electrons. The fourth-order valence-electron chi connectivity index (χ4n) is 4.13. The van der Waals surface area contributed by atoms with Gasteiger partial charge >= 0.3 is 41.6 Å². The van der Waals surface area contributed by atoms with Gasteiger partial charge in [-0.25, -0.2) is 9.59 Å². The molecule has 3 fully saturated rings. The number of hydrogen-bond donors (Lipinski definition) is 3. The van der Waals surface area contributed by atoms with E-state index in [1.54, 1.807) is 0 Å². The Hall–Kier alpha value is -1.07. The number of carbonyl (C=O) groups is 5. The third-order valence-corrected chi connectivity index (χ3v) is 8.14. The van der Waals surface area contributed by atoms with E-state index >= 15 is 0 Å². The number of urea groups is 1. The molecule has 0 aliphatic carbocycles. The second-order valence-corrected chi connectivity index (χ2v) is 10.6. The maximum Gasteiger partial charge on any atom is 1.00 e. The van der Waals surface area contributed by atoms with Gasteiger partial charge in [0, 0.05) is 42.4 Å². The molecule has 3 rings (SSSR count). The van der Waals surface area contributed by atoms with Gasteiger partial charge in [0.1, 0.15) is 5.25 Å². The summed E-state index contributed by atoms with van der Waals surface area (Å²) >= 11 is 2.24. The molecule has 0 saturated carbocycles. The summed E-state index contributed by atoms with van der Waals surface area (Å²) in [5.74, 6) is -1.30. The first kappa shape index (κ1) is 31.1. The van der Waals surface area contributed by atoms with Crippen LogP contribution in [0.5, 0.6) is 0 Å². The zero-order valence-corrected chi connectivity index (χ0v) is 23.7. The van der Waals surface area contributed by atoms with Crippen LogP contribution in [-0.2, 0) is 33.4 Å². The van der Waals surface area contributed by atoms with Gasteiger partial charge in [-0.3, -0.25) is 19.4 Å². The number of nitrogens with one attached hydrogen (secondary N) is 3. The smallest absolute Gasteiger partial charge is 0.691 e. The number of amides is 5. The second-order valence-electron chi connectivity index (χ2n) is 8.44. The van der Waals surface area contributed by atoms with Crippen molar-refractivity contribution in [2.45, 2.75) is 80.4 Å². The molecule has 3 N–H and O–H groups in total. The van der Waals surface area contributed by atoms with Gasteiger partial charge in [0.25, 0.3) is 11.8 Å². The summed E-state index contributed by atoms with van der Waals surface area (Å²) in [6, 6.07) is 0.307. The van der Waals surface area contributed by atoms with Gasteiger partial charge in [-0.05, 0) is 25.7 Å². The largest absolute Gasteiger partial charge is 1.00 e. The standard InChI is InChI=1S/C20H30N4O9S2.Na/c25-15(7-4-3-6-13-18-12(11-34-13)22-20(29)23-18)21-9-5-1-2-8-17(27)31-24-16(26)10-14(19(24)28)35-33-32-30;/h12-14,18,30H,1-11H2,(H,21,25)(H2,22,23,29);/q;+1/p-1. The third-order valence-electron chi connectivity index (χ3n) is 5.90. The molecule has 0 aromatic carbocycles. The van der Waals surface area contributed by atoms with Crippen molar-refractivity contribution >= 4 is 53.5 Å². The molecule has 196 valence electrons. The van der Waals surface area contributed by atoms with Crippen LogP contribution in [0.3, 0.4) is 0 Å². The first-order valence-electron chi connectivity index (χ1n) is 11.5. The molecule has 3 aliphatic rings. The van der Waals surface area contributed by atoms with Crippen LogP contribution < -0.4 is 50.8 Å². The van der Waals surface area contributed by atoms with E-state index in [2.05, 4.69) is 25.3 Å². The topological polar surface area (TPSA) is 175 Å². The minimum absolute atomic E-state index is 0. The molecule has 0 aromatic heterocycles. The predicted octanol–water partition coefficient (Wildman–Crippen LogP) is -3.15. The van der Waals surface area contributed by atoms with Crippen LogP contribution in [-0.4, -0.2) is 69.7 Å². The maximum absolute atomic E-state index is 12.0. The van der Waals surface area contributed by atoms with E-state index < -0.39 is 23.0 Å². The molecule has 0 spiro atoms. The summed E-state index contributed by atoms with van der Waals surface area (Å²) in [6.07, 6.45) is 4.69. The van der Waals surface area contributed by atoms with Crippen molar-refractivity contribution in [2.24, 2.45) is 0 Å². The molecule has 0 bridgehead atoms. The minimum Gasteiger partial charge on any atom is -0.691 e. The number of fused-ring (bicyclic) bond motifs is 1. The third kappa shape index (κ3) is 9.35. The van der Waals surface area contributed by atoms with Crippen molar-refractivity contribution in [2.75, 3.05) is 12.3 Å². The van der Waals surface area contributed by atoms with Crippen LogP contribution in [0.2, 0.25) is 0 Å². The zero-order valence-electron chi connectivity index (χ0n) is 20.0. The van der Waals surface area contributed by atoms with Gasteiger partial charge in [-0.15, -0.1) is 5.06 Å². The summed E-state index contributed by atoms with van der Waals surface area (Å²) in [7, 11) is 0. The second kappa shape index (κ2) is 16.0. The number of nitrogens with zero attached hydrogens (tertiary/aromatic N) is 1. The molecule has 0 aromatic rings. The average molecular weight is 557 g/mol. The molecular weight excluding hydrogens is 527 g/mol. The molecule has 16 heteroatoms. The van der Waals surface area contributed by atoms with Gasteiger partial charge in [0.15, 0.2) is 0 Å². The van der Waals surface area contributed by atoms with E-state index in [0.717, 1.165) is 25.0 Å². The average Bonchev–Trinajstić information content (AvgIpc) is 3.46. The summed E-state index contributed by atoms with van der Waals surface area (Å²) in [6.45, 7) is 0.498. The van der Waals surface area contributed by atoms with Gasteiger partial charge in [-0.1, -0.05) is 12.8 Å². The van der Waals surface area contributed by atoms with E-state index in [4.69, 9.17) is 4.84 Å². The Morgan fingerprint density at radius 3 is 2.67 bits per heavy atom. The normalized spacial score (nSPS) is 24.7. The van der Waals surface area contributed by atoms with Gasteiger partial charge in [0.2, 0.25) is 5.91 Å². The monoisotopic (exact) mass is 556 g/mol. The Morgan fingerprint density at radius 2 is 1.89 bits per heavy atom. The maximum atomic E-state index is 12.0. The molecular formula is C20H29N4NaO9S2. The van der Waals surface area contributed by atoms with Crippen LogP contribution >= 0.6 is 23.8 Å². The molecule has 5 amide bonds. The van der Waals surface area contributed by atoms with E-state index in [9.17, 15) is 29.2 Å². The van der Waals surface area contributed by atoms with E-state index in [1.165, 1.54) is 0 Å². The zero-order chi connectivity index (χ0) is 25.2. The van der Waals surface area contributed by atoms with Crippen molar-refractivity contribution in [3.05, 3.63) is 0 Å². The summed E-state index contributed by atoms with van der Waals surface area (Å²) in [4.78, 5) is 63.8. The number of unbranched alkanes of at least 4 members (excludes halogenated alkanes) is 3. The van der Waals surface area contributed by atoms with Crippen molar-refractivity contribution < 1.29 is 73.0 Å². The Balaban J connectivity index is 0.00000456. The number of thioether (sulfide) groups is 1. The fourth-order valence-corrected chi connectivity index (χ4v) is 6.19. The first-order chi connectivity index (χ1) is 16.9. The molecule has 4 atom stereocenters. The van der Waals surface area contributed by atoms with Crippen molar-refractivity contribution in [3.8, 4) is 0 Å². The van der Waals surface area contributed by atoms with Crippen molar-refractivity contribution in [3.63, 3.8) is 0 Å². The summed E-state index contributed by atoms with van der Waals surface area (Å²) < 4.78 is 4.05. The molecule has 3 heterocycles. The van der Waals surface area contributed by atoms with Crippen molar-refractivity contribution in [1.29, 1.82) is 0 Å². The SMILES string of the molecule is O=C(CCCCC1SCC2NC(=O)NC21)NCCCCCC(=O)ON1C(=O)CC(SOO[O-])C1=O.[Na+]. The van der Waals surface area contributed by atoms with Crippen molar-refractivity contribution in [1.82, 2.24) is 21.0 Å². The Morgan fingerprint density at radius 1 is 1.11 bits per heavy atom. The van der Waals surface area contributed by atoms with Crippen LogP contribution in [0.25, 0.3) is 0 Å². The van der Waals surface area contributed by atoms with Gasteiger partial charge in [-0.2, -0.15) is 16.1 Å². The first-order valence-corrected chi connectivity index (χ1v) is 13.4. The summed E-state index contributed by atoms with van der Waals surface area (Å²) in [5.41, 5.74) is 0. The van der Waals surface area contributed by atoms with Crippen LogP contribution in [0.15, 0.2) is 0 Å². The van der Waals surface area contributed by atoms with E-state index in [1.807, 2.05) is 11.8 Å². The summed E-state index contributed by atoms with van der Waals surface area (Å²) in [5, 5.41) is 21.5. The molecule has 3 saturated heterocycles. The molecule has 13 nitrogen and oxygen atoms in total.